The zero-order valence-electron chi connectivity index (χ0n) is 13.4. The van der Waals surface area contributed by atoms with Gasteiger partial charge in [0.15, 0.2) is 11.4 Å². The summed E-state index contributed by atoms with van der Waals surface area (Å²) in [5.74, 6) is 0.642. The van der Waals surface area contributed by atoms with Crippen LogP contribution in [-0.4, -0.2) is 21.2 Å². The molecule has 0 fully saturated rings. The highest BCUT2D eigenvalue weighted by atomic mass is 19.1. The van der Waals surface area contributed by atoms with Gasteiger partial charge in [-0.2, -0.15) is 5.10 Å². The number of carbonyl (C=O) groups is 1. The van der Waals surface area contributed by atoms with Crippen LogP contribution < -0.4 is 15.8 Å². The van der Waals surface area contributed by atoms with Crippen molar-refractivity contribution in [2.45, 2.75) is 13.5 Å². The zero-order valence-corrected chi connectivity index (χ0v) is 13.4. The first-order valence-electron chi connectivity index (χ1n) is 7.49. The zero-order chi connectivity index (χ0) is 17.8. The fourth-order valence-electron chi connectivity index (χ4n) is 2.23. The number of benzene rings is 1. The molecule has 0 atom stereocenters. The van der Waals surface area contributed by atoms with Crippen molar-refractivity contribution in [1.82, 2.24) is 20.5 Å². The topological polar surface area (TPSA) is 106 Å². The van der Waals surface area contributed by atoms with Crippen LogP contribution in [0.1, 0.15) is 11.1 Å². The summed E-state index contributed by atoms with van der Waals surface area (Å²) in [4.78, 5) is 14.9. The molecule has 0 aliphatic rings. The van der Waals surface area contributed by atoms with Crippen molar-refractivity contribution in [3.63, 3.8) is 0 Å². The Hall–Kier alpha value is -3.42. The van der Waals surface area contributed by atoms with E-state index >= 15 is 0 Å². The maximum Gasteiger partial charge on any atom is 0.312 e. The number of nitrogens with one attached hydrogen (secondary N) is 2. The van der Waals surface area contributed by atoms with E-state index in [0.29, 0.717) is 29.4 Å². The van der Waals surface area contributed by atoms with Gasteiger partial charge in [0.2, 0.25) is 0 Å². The molecule has 2 heterocycles. The molecule has 0 unspecified atom stereocenters. The van der Waals surface area contributed by atoms with E-state index in [1.807, 2.05) is 19.1 Å². The summed E-state index contributed by atoms with van der Waals surface area (Å²) in [5, 5.41) is 9.37. The van der Waals surface area contributed by atoms with Crippen molar-refractivity contribution in [1.29, 1.82) is 0 Å². The fraction of sp³-hybridized carbons (Fsp3) is 0.118. The molecule has 0 saturated carbocycles. The largest absolute Gasteiger partial charge is 0.453 e. The Morgan fingerprint density at radius 3 is 2.88 bits per heavy atom. The minimum absolute atomic E-state index is 0.295. The minimum Gasteiger partial charge on any atom is -0.453 e. The number of aromatic amines is 1. The minimum atomic E-state index is -0.595. The number of halogens is 1. The number of H-pyrrole nitrogens is 1. The van der Waals surface area contributed by atoms with Gasteiger partial charge in [-0.25, -0.2) is 9.18 Å². The van der Waals surface area contributed by atoms with Crippen LogP contribution in [0.3, 0.4) is 0 Å². The quantitative estimate of drug-likeness (QED) is 0.663. The lowest BCUT2D eigenvalue weighted by molar-refractivity contribution is 0.248. The van der Waals surface area contributed by atoms with E-state index < -0.39 is 11.8 Å². The molecule has 2 amide bonds. The second-order valence-electron chi connectivity index (χ2n) is 5.38. The van der Waals surface area contributed by atoms with Crippen LogP contribution in [-0.2, 0) is 6.54 Å². The van der Waals surface area contributed by atoms with Crippen molar-refractivity contribution in [3.8, 4) is 22.9 Å². The van der Waals surface area contributed by atoms with Gasteiger partial charge in [0.1, 0.15) is 11.6 Å². The van der Waals surface area contributed by atoms with E-state index in [9.17, 15) is 9.18 Å². The molecule has 128 valence electrons. The highest BCUT2D eigenvalue weighted by Gasteiger charge is 2.13. The monoisotopic (exact) mass is 341 g/mol. The first-order valence-corrected chi connectivity index (χ1v) is 7.49. The molecule has 0 spiro atoms. The van der Waals surface area contributed by atoms with Crippen molar-refractivity contribution >= 4 is 6.03 Å². The van der Waals surface area contributed by atoms with Gasteiger partial charge in [0.25, 0.3) is 0 Å². The van der Waals surface area contributed by atoms with Gasteiger partial charge >= 0.3 is 6.03 Å². The maximum absolute atomic E-state index is 13.0. The van der Waals surface area contributed by atoms with Crippen molar-refractivity contribution in [3.05, 3.63) is 59.7 Å². The molecule has 0 radical (unpaired) electrons. The molecule has 3 rings (SSSR count). The van der Waals surface area contributed by atoms with Crippen LogP contribution in [0.5, 0.6) is 11.5 Å². The Labute approximate surface area is 143 Å². The summed E-state index contributed by atoms with van der Waals surface area (Å²) in [6.45, 7) is 2.19. The molecule has 25 heavy (non-hydrogen) atoms. The van der Waals surface area contributed by atoms with Crippen LogP contribution in [0.15, 0.2) is 42.7 Å². The highest BCUT2D eigenvalue weighted by Crippen LogP contribution is 2.32. The Balaban J connectivity index is 1.85. The number of rotatable bonds is 5. The molecule has 0 aliphatic heterocycles. The van der Waals surface area contributed by atoms with E-state index in [0.717, 1.165) is 17.3 Å². The van der Waals surface area contributed by atoms with E-state index in [1.165, 1.54) is 12.1 Å². The highest BCUT2D eigenvalue weighted by molar-refractivity contribution is 5.71. The summed E-state index contributed by atoms with van der Waals surface area (Å²) in [6, 6.07) is 7.79. The summed E-state index contributed by atoms with van der Waals surface area (Å²) in [6.07, 6.45) is 2.71. The molecule has 0 saturated heterocycles. The molecular weight excluding hydrogens is 325 g/mol. The number of pyridine rings is 1. The maximum atomic E-state index is 13.0. The fourth-order valence-corrected chi connectivity index (χ4v) is 2.23. The van der Waals surface area contributed by atoms with E-state index in [4.69, 9.17) is 10.5 Å². The van der Waals surface area contributed by atoms with Gasteiger partial charge < -0.3 is 15.8 Å². The molecule has 7 nitrogen and oxygen atoms in total. The van der Waals surface area contributed by atoms with Gasteiger partial charge in [-0.05, 0) is 36.2 Å². The lowest BCUT2D eigenvalue weighted by Gasteiger charge is -2.11. The van der Waals surface area contributed by atoms with Crippen molar-refractivity contribution < 1.29 is 13.9 Å². The van der Waals surface area contributed by atoms with Crippen LogP contribution in [0.25, 0.3) is 11.4 Å². The predicted molar refractivity (Wildman–Crippen MR) is 89.5 cm³/mol. The standard InChI is InChI=1S/C17H16FN5O2/c1-10-2-3-11(7-21-17(19)24)6-14(10)25-15-9-22-23-16(15)13-5-4-12(18)8-20-13/h2-6,8-9H,7H2,1H3,(H,22,23)(H3,19,21,24). The van der Waals surface area contributed by atoms with Crippen molar-refractivity contribution in [2.75, 3.05) is 0 Å². The van der Waals surface area contributed by atoms with Gasteiger partial charge in [-0.3, -0.25) is 10.1 Å². The third-order valence-electron chi connectivity index (χ3n) is 3.51. The van der Waals surface area contributed by atoms with Gasteiger partial charge in [0.05, 0.1) is 18.1 Å². The number of urea groups is 1. The first kappa shape index (κ1) is 16.4. The molecule has 2 aromatic heterocycles. The molecular formula is C17H16FN5O2. The molecule has 4 N–H and O–H groups in total. The van der Waals surface area contributed by atoms with Gasteiger partial charge in [-0.1, -0.05) is 12.1 Å². The first-order chi connectivity index (χ1) is 12.0. The number of ether oxygens (including phenoxy) is 1. The summed E-state index contributed by atoms with van der Waals surface area (Å²) < 4.78 is 19.0. The second-order valence-corrected chi connectivity index (χ2v) is 5.38. The number of hydrogen-bond donors (Lipinski definition) is 3. The van der Waals surface area contributed by atoms with Crippen LogP contribution in [0, 0.1) is 12.7 Å². The summed E-state index contributed by atoms with van der Waals surface area (Å²) in [5.41, 5.74) is 7.79. The summed E-state index contributed by atoms with van der Waals surface area (Å²) >= 11 is 0. The van der Waals surface area contributed by atoms with E-state index in [-0.39, 0.29) is 0 Å². The Bertz CT molecular complexity index is 892. The molecule has 3 aromatic rings. The Morgan fingerprint density at radius 2 is 2.16 bits per heavy atom. The van der Waals surface area contributed by atoms with Gasteiger partial charge in [0, 0.05) is 6.54 Å². The SMILES string of the molecule is Cc1ccc(CNC(N)=O)cc1Oc1c[nH]nc1-c1ccc(F)cn1. The molecule has 8 heteroatoms. The number of primary amides is 1. The second kappa shape index (κ2) is 7.00. The third kappa shape index (κ3) is 3.92. The molecule has 0 bridgehead atoms. The number of aryl methyl sites for hydroxylation is 1. The number of nitrogens with zero attached hydrogens (tertiary/aromatic N) is 2. The lowest BCUT2D eigenvalue weighted by atomic mass is 10.1. The average Bonchev–Trinajstić information content (AvgIpc) is 3.04. The smallest absolute Gasteiger partial charge is 0.312 e. The number of aromatic nitrogens is 3. The number of amides is 2. The predicted octanol–water partition coefficient (Wildman–Crippen LogP) is 2.88. The Kier molecular flexibility index (Phi) is 4.60. The lowest BCUT2D eigenvalue weighted by Crippen LogP contribution is -2.28. The van der Waals surface area contributed by atoms with E-state index in [2.05, 4.69) is 20.5 Å². The van der Waals surface area contributed by atoms with Crippen molar-refractivity contribution in [2.24, 2.45) is 5.73 Å². The van der Waals surface area contributed by atoms with Crippen LogP contribution in [0.2, 0.25) is 0 Å². The van der Waals surface area contributed by atoms with Gasteiger partial charge in [-0.15, -0.1) is 0 Å². The number of carbonyl (C=O) groups excluding carboxylic acids is 1. The number of nitrogens with two attached hydrogens (primary N) is 1. The number of hydrogen-bond acceptors (Lipinski definition) is 4. The van der Waals surface area contributed by atoms with Crippen LogP contribution in [0.4, 0.5) is 9.18 Å². The summed E-state index contributed by atoms with van der Waals surface area (Å²) in [7, 11) is 0. The Morgan fingerprint density at radius 1 is 1.32 bits per heavy atom. The normalized spacial score (nSPS) is 10.5. The van der Waals surface area contributed by atoms with Crippen LogP contribution >= 0.6 is 0 Å². The molecule has 0 aliphatic carbocycles. The third-order valence-corrected chi connectivity index (χ3v) is 3.51. The molecule has 1 aromatic carbocycles. The average molecular weight is 341 g/mol. The van der Waals surface area contributed by atoms with E-state index in [1.54, 1.807) is 12.3 Å².